The van der Waals surface area contributed by atoms with Gasteiger partial charge in [0.1, 0.15) is 6.04 Å². The van der Waals surface area contributed by atoms with E-state index in [1.165, 1.54) is 0 Å². The lowest BCUT2D eigenvalue weighted by Crippen LogP contribution is -2.48. The van der Waals surface area contributed by atoms with E-state index >= 15 is 0 Å². The van der Waals surface area contributed by atoms with Gasteiger partial charge >= 0.3 is 0 Å². The molecule has 0 N–H and O–H groups in total. The normalized spacial score (nSPS) is 20.5. The minimum Gasteiger partial charge on any atom is -0.336 e. The summed E-state index contributed by atoms with van der Waals surface area (Å²) in [5, 5.41) is 0. The molecule has 140 valence electrons. The molecule has 1 aliphatic rings. The first-order valence-electron chi connectivity index (χ1n) is 9.38. The number of carbonyl (C=O) groups is 2. The van der Waals surface area contributed by atoms with Gasteiger partial charge in [-0.3, -0.25) is 9.59 Å². The Morgan fingerprint density at radius 2 is 1.56 bits per heavy atom. The van der Waals surface area contributed by atoms with Crippen LogP contribution in [0.5, 0.6) is 0 Å². The van der Waals surface area contributed by atoms with Gasteiger partial charge in [0.2, 0.25) is 11.8 Å². The minimum absolute atomic E-state index is 0.00209. The van der Waals surface area contributed by atoms with E-state index in [1.807, 2.05) is 72.5 Å². The molecule has 2 amide bonds. The summed E-state index contributed by atoms with van der Waals surface area (Å²) >= 11 is 0. The molecule has 0 bridgehead atoms. The minimum atomic E-state index is -0.508. The summed E-state index contributed by atoms with van der Waals surface area (Å²) in [6, 6.07) is 19.3. The van der Waals surface area contributed by atoms with Gasteiger partial charge in [0.25, 0.3) is 0 Å². The van der Waals surface area contributed by atoms with Gasteiger partial charge in [-0.1, -0.05) is 73.7 Å². The van der Waals surface area contributed by atoms with Crippen LogP contribution in [0.3, 0.4) is 0 Å². The SMILES string of the molecule is C=CCN1C(=O)[C@@H](C)CN(Cc2ccccc2)C(=O)[C@@H]1Cc1ccccc1. The number of carbonyl (C=O) groups excluding carboxylic acids is 2. The first-order chi connectivity index (χ1) is 13.1. The van der Waals surface area contributed by atoms with Crippen molar-refractivity contribution in [2.45, 2.75) is 25.9 Å². The van der Waals surface area contributed by atoms with Crippen molar-refractivity contribution in [1.82, 2.24) is 9.80 Å². The fourth-order valence-electron chi connectivity index (χ4n) is 3.62. The predicted molar refractivity (Wildman–Crippen MR) is 107 cm³/mol. The van der Waals surface area contributed by atoms with Crippen molar-refractivity contribution in [3.05, 3.63) is 84.4 Å². The molecular formula is C23H26N2O2. The first-order valence-corrected chi connectivity index (χ1v) is 9.38. The highest BCUT2D eigenvalue weighted by atomic mass is 16.2. The molecule has 2 aromatic rings. The molecule has 1 aliphatic heterocycles. The lowest BCUT2D eigenvalue weighted by Gasteiger charge is -2.30. The van der Waals surface area contributed by atoms with Crippen LogP contribution in [-0.2, 0) is 22.6 Å². The second kappa shape index (κ2) is 8.67. The molecule has 4 heteroatoms. The molecule has 3 rings (SSSR count). The van der Waals surface area contributed by atoms with E-state index in [1.54, 1.807) is 11.0 Å². The lowest BCUT2D eigenvalue weighted by atomic mass is 10.0. The Bertz CT molecular complexity index is 789. The van der Waals surface area contributed by atoms with Gasteiger partial charge in [0, 0.05) is 26.1 Å². The van der Waals surface area contributed by atoms with Crippen LogP contribution in [0.4, 0.5) is 0 Å². The van der Waals surface area contributed by atoms with Gasteiger partial charge in [-0.25, -0.2) is 0 Å². The molecule has 2 aromatic carbocycles. The van der Waals surface area contributed by atoms with E-state index in [2.05, 4.69) is 6.58 Å². The van der Waals surface area contributed by atoms with Crippen LogP contribution >= 0.6 is 0 Å². The zero-order valence-electron chi connectivity index (χ0n) is 15.8. The smallest absolute Gasteiger partial charge is 0.246 e. The molecule has 0 radical (unpaired) electrons. The summed E-state index contributed by atoms with van der Waals surface area (Å²) in [4.78, 5) is 29.9. The average molecular weight is 362 g/mol. The molecule has 4 nitrogen and oxygen atoms in total. The van der Waals surface area contributed by atoms with E-state index in [-0.39, 0.29) is 17.7 Å². The Balaban J connectivity index is 1.92. The van der Waals surface area contributed by atoms with Gasteiger partial charge in [-0.2, -0.15) is 0 Å². The van der Waals surface area contributed by atoms with Crippen molar-refractivity contribution in [2.75, 3.05) is 13.1 Å². The average Bonchev–Trinajstić information content (AvgIpc) is 2.77. The molecule has 0 spiro atoms. The molecule has 1 heterocycles. The Labute approximate surface area is 161 Å². The lowest BCUT2D eigenvalue weighted by molar-refractivity contribution is -0.141. The van der Waals surface area contributed by atoms with E-state index in [0.29, 0.717) is 26.1 Å². The van der Waals surface area contributed by atoms with Crippen molar-refractivity contribution in [3.63, 3.8) is 0 Å². The topological polar surface area (TPSA) is 40.6 Å². The Morgan fingerprint density at radius 1 is 0.963 bits per heavy atom. The zero-order chi connectivity index (χ0) is 19.2. The highest BCUT2D eigenvalue weighted by Gasteiger charge is 2.39. The second-order valence-corrected chi connectivity index (χ2v) is 7.09. The third-order valence-electron chi connectivity index (χ3n) is 4.99. The maximum Gasteiger partial charge on any atom is 0.246 e. The van der Waals surface area contributed by atoms with Crippen molar-refractivity contribution in [1.29, 1.82) is 0 Å². The number of rotatable bonds is 6. The van der Waals surface area contributed by atoms with Crippen molar-refractivity contribution >= 4 is 11.8 Å². The molecule has 0 unspecified atom stereocenters. The largest absolute Gasteiger partial charge is 0.336 e. The predicted octanol–water partition coefficient (Wildman–Crippen LogP) is 3.29. The summed E-state index contributed by atoms with van der Waals surface area (Å²) in [5.41, 5.74) is 2.12. The number of nitrogens with zero attached hydrogens (tertiary/aromatic N) is 2. The molecule has 0 aliphatic carbocycles. The van der Waals surface area contributed by atoms with Crippen LogP contribution in [0.1, 0.15) is 18.1 Å². The number of hydrogen-bond donors (Lipinski definition) is 0. The van der Waals surface area contributed by atoms with Crippen molar-refractivity contribution in [3.8, 4) is 0 Å². The van der Waals surface area contributed by atoms with E-state index in [4.69, 9.17) is 0 Å². The Hall–Kier alpha value is -2.88. The quantitative estimate of drug-likeness (QED) is 0.740. The van der Waals surface area contributed by atoms with Gasteiger partial charge in [0.05, 0.1) is 5.92 Å². The van der Waals surface area contributed by atoms with Crippen LogP contribution in [-0.4, -0.2) is 40.7 Å². The van der Waals surface area contributed by atoms with Crippen LogP contribution in [0.15, 0.2) is 73.3 Å². The Kier molecular flexibility index (Phi) is 6.07. The second-order valence-electron chi connectivity index (χ2n) is 7.09. The summed E-state index contributed by atoms with van der Waals surface area (Å²) in [6.07, 6.45) is 2.21. The standard InChI is InChI=1S/C23H26N2O2/c1-3-14-25-21(15-19-10-6-4-7-11-19)23(27)24(16-18(2)22(25)26)17-20-12-8-5-9-13-20/h3-13,18,21H,1,14-17H2,2H3/t18-,21-/m0/s1. The fraction of sp³-hybridized carbons (Fsp3) is 0.304. The highest BCUT2D eigenvalue weighted by molar-refractivity contribution is 5.91. The third kappa shape index (κ3) is 4.45. The monoisotopic (exact) mass is 362 g/mol. The summed E-state index contributed by atoms with van der Waals surface area (Å²) in [6.45, 7) is 7.01. The molecule has 0 saturated carbocycles. The summed E-state index contributed by atoms with van der Waals surface area (Å²) in [7, 11) is 0. The number of amides is 2. The molecule has 2 atom stereocenters. The molecule has 1 fully saturated rings. The van der Waals surface area contributed by atoms with Crippen LogP contribution in [0, 0.1) is 5.92 Å². The maximum absolute atomic E-state index is 13.4. The van der Waals surface area contributed by atoms with Gasteiger partial charge < -0.3 is 9.80 Å². The molecule has 1 saturated heterocycles. The maximum atomic E-state index is 13.4. The molecule has 27 heavy (non-hydrogen) atoms. The van der Waals surface area contributed by atoms with Crippen LogP contribution in [0.25, 0.3) is 0 Å². The summed E-state index contributed by atoms with van der Waals surface area (Å²) in [5.74, 6) is -0.222. The van der Waals surface area contributed by atoms with Crippen LogP contribution in [0.2, 0.25) is 0 Å². The van der Waals surface area contributed by atoms with Crippen molar-refractivity contribution < 1.29 is 9.59 Å². The van der Waals surface area contributed by atoms with Gasteiger partial charge in [0.15, 0.2) is 0 Å². The van der Waals surface area contributed by atoms with E-state index in [9.17, 15) is 9.59 Å². The zero-order valence-corrected chi connectivity index (χ0v) is 15.8. The van der Waals surface area contributed by atoms with Gasteiger partial charge in [-0.05, 0) is 11.1 Å². The number of benzene rings is 2. The van der Waals surface area contributed by atoms with Gasteiger partial charge in [-0.15, -0.1) is 6.58 Å². The number of hydrogen-bond acceptors (Lipinski definition) is 2. The summed E-state index contributed by atoms with van der Waals surface area (Å²) < 4.78 is 0. The third-order valence-corrected chi connectivity index (χ3v) is 4.99. The van der Waals surface area contributed by atoms with Crippen molar-refractivity contribution in [2.24, 2.45) is 5.92 Å². The van der Waals surface area contributed by atoms with E-state index < -0.39 is 6.04 Å². The fourth-order valence-corrected chi connectivity index (χ4v) is 3.62. The first kappa shape index (κ1) is 18.9. The van der Waals surface area contributed by atoms with E-state index in [0.717, 1.165) is 11.1 Å². The highest BCUT2D eigenvalue weighted by Crippen LogP contribution is 2.22. The molecular weight excluding hydrogens is 336 g/mol. The van der Waals surface area contributed by atoms with Crippen LogP contribution < -0.4 is 0 Å². The molecule has 0 aromatic heterocycles. The Morgan fingerprint density at radius 3 is 2.15 bits per heavy atom.